The van der Waals surface area contributed by atoms with Gasteiger partial charge in [0.05, 0.1) is 0 Å². The van der Waals surface area contributed by atoms with Crippen LogP contribution in [0.15, 0.2) is 45.2 Å². The van der Waals surface area contributed by atoms with Crippen LogP contribution < -0.4 is 5.32 Å². The number of hydrogen-bond donors (Lipinski definition) is 1. The molecule has 1 fully saturated rings. The molecule has 148 valence electrons. The molecule has 1 N–H and O–H groups in total. The minimum Gasteiger partial charge on any atom is -0.362 e. The van der Waals surface area contributed by atoms with E-state index < -0.39 is 11.7 Å². The largest absolute Gasteiger partial charge is 0.362 e. The molecule has 28 heavy (non-hydrogen) atoms. The first-order valence-electron chi connectivity index (χ1n) is 9.95. The van der Waals surface area contributed by atoms with Crippen molar-refractivity contribution < 1.29 is 14.0 Å². The van der Waals surface area contributed by atoms with Gasteiger partial charge in [-0.1, -0.05) is 15.9 Å². The molecule has 0 spiro atoms. The Morgan fingerprint density at radius 3 is 2.68 bits per heavy atom. The summed E-state index contributed by atoms with van der Waals surface area (Å²) in [4.78, 5) is 28.2. The number of hydrogen-bond acceptors (Lipinski definition) is 3. The van der Waals surface area contributed by atoms with Crippen molar-refractivity contribution in [2.45, 2.75) is 51.4 Å². The van der Waals surface area contributed by atoms with Gasteiger partial charge in [0.1, 0.15) is 5.82 Å². The topological polar surface area (TPSA) is 49.4 Å². The van der Waals surface area contributed by atoms with Crippen molar-refractivity contribution in [3.8, 4) is 0 Å². The lowest BCUT2D eigenvalue weighted by Gasteiger charge is -2.37. The van der Waals surface area contributed by atoms with Gasteiger partial charge in [-0.3, -0.25) is 9.59 Å². The maximum Gasteiger partial charge on any atom is 0.252 e. The van der Waals surface area contributed by atoms with Gasteiger partial charge in [0.15, 0.2) is 5.78 Å². The number of nitrogens with one attached hydrogen (secondary N) is 1. The van der Waals surface area contributed by atoms with Crippen molar-refractivity contribution >= 4 is 27.6 Å². The number of allylic oxidation sites excluding steroid dienone is 3. The highest BCUT2D eigenvalue weighted by Gasteiger charge is 2.40. The molecule has 1 aromatic carbocycles. The standard InChI is InChI=1S/C22H24BrFN2O2/c1-13-19(22(28)26-10-3-2-4-11-26)20(15-12-14(23)8-9-16(15)24)21-17(25-13)6-5-7-18(21)27/h8-9,12,20,25H,2-7,10-11H2,1H3/t20-/m0/s1. The second-order valence-corrected chi connectivity index (χ2v) is 8.70. The van der Waals surface area contributed by atoms with Gasteiger partial charge in [0.2, 0.25) is 0 Å². The zero-order valence-electron chi connectivity index (χ0n) is 16.0. The lowest BCUT2D eigenvalue weighted by molar-refractivity contribution is -0.128. The van der Waals surface area contributed by atoms with Crippen molar-refractivity contribution in [2.75, 3.05) is 13.1 Å². The van der Waals surface area contributed by atoms with E-state index in [0.29, 0.717) is 36.2 Å². The van der Waals surface area contributed by atoms with Crippen molar-refractivity contribution in [1.29, 1.82) is 0 Å². The summed E-state index contributed by atoms with van der Waals surface area (Å²) in [5, 5.41) is 3.31. The average Bonchev–Trinajstić information content (AvgIpc) is 2.69. The first-order chi connectivity index (χ1) is 13.5. The molecule has 1 amide bonds. The summed E-state index contributed by atoms with van der Waals surface area (Å²) in [6.45, 7) is 3.29. The molecular weight excluding hydrogens is 423 g/mol. The van der Waals surface area contributed by atoms with Crippen molar-refractivity contribution in [2.24, 2.45) is 0 Å². The number of amides is 1. The van der Waals surface area contributed by atoms with Crippen LogP contribution >= 0.6 is 15.9 Å². The summed E-state index contributed by atoms with van der Waals surface area (Å²) in [5.74, 6) is -1.12. The fourth-order valence-corrected chi connectivity index (χ4v) is 4.96. The number of carbonyl (C=O) groups excluding carboxylic acids is 2. The van der Waals surface area contributed by atoms with Gasteiger partial charge in [-0.05, 0) is 57.2 Å². The molecule has 2 heterocycles. The van der Waals surface area contributed by atoms with Gasteiger partial charge in [0.25, 0.3) is 5.91 Å². The fraction of sp³-hybridized carbons (Fsp3) is 0.455. The summed E-state index contributed by atoms with van der Waals surface area (Å²) in [6.07, 6.45) is 5.05. The first kappa shape index (κ1) is 19.4. The summed E-state index contributed by atoms with van der Waals surface area (Å²) in [6, 6.07) is 4.74. The van der Waals surface area contributed by atoms with E-state index in [2.05, 4.69) is 21.2 Å². The van der Waals surface area contributed by atoms with Crippen LogP contribution in [0.3, 0.4) is 0 Å². The van der Waals surface area contributed by atoms with E-state index in [1.165, 1.54) is 6.07 Å². The Labute approximate surface area is 173 Å². The Hall–Kier alpha value is -1.95. The number of benzene rings is 1. The predicted octanol–water partition coefficient (Wildman–Crippen LogP) is 4.57. The van der Waals surface area contributed by atoms with E-state index in [0.717, 1.165) is 48.0 Å². The molecule has 3 aliphatic rings. The maximum atomic E-state index is 14.9. The lowest BCUT2D eigenvalue weighted by atomic mass is 9.74. The van der Waals surface area contributed by atoms with E-state index in [1.54, 1.807) is 12.1 Å². The number of nitrogens with zero attached hydrogens (tertiary/aromatic N) is 1. The minimum absolute atomic E-state index is 0.00886. The SMILES string of the molecule is CC1=C(C(=O)N2CCCCC2)[C@H](c2cc(Br)ccc2F)C2=C(CCCC2=O)N1. The van der Waals surface area contributed by atoms with Gasteiger partial charge in [-0.2, -0.15) is 0 Å². The molecule has 1 aromatic rings. The Balaban J connectivity index is 1.86. The van der Waals surface area contributed by atoms with Crippen LogP contribution in [-0.4, -0.2) is 29.7 Å². The molecule has 0 aromatic heterocycles. The summed E-state index contributed by atoms with van der Waals surface area (Å²) < 4.78 is 15.7. The maximum absolute atomic E-state index is 14.9. The van der Waals surface area contributed by atoms with Crippen LogP contribution in [0, 0.1) is 5.82 Å². The Kier molecular flexibility index (Phi) is 5.41. The van der Waals surface area contributed by atoms with E-state index >= 15 is 0 Å². The molecule has 1 aliphatic carbocycles. The van der Waals surface area contributed by atoms with Crippen molar-refractivity contribution in [1.82, 2.24) is 10.2 Å². The molecule has 0 bridgehead atoms. The number of halogens is 2. The third-order valence-electron chi connectivity index (χ3n) is 5.92. The number of likely N-dealkylation sites (tertiary alicyclic amines) is 1. The Morgan fingerprint density at radius 1 is 1.18 bits per heavy atom. The molecule has 4 nitrogen and oxygen atoms in total. The second-order valence-electron chi connectivity index (χ2n) is 7.78. The molecule has 1 saturated heterocycles. The number of dihydropyridines is 1. The fourth-order valence-electron chi connectivity index (χ4n) is 4.58. The third kappa shape index (κ3) is 3.43. The highest BCUT2D eigenvalue weighted by molar-refractivity contribution is 9.10. The number of Topliss-reactive ketones (excluding diaryl/α,β-unsaturated/α-hetero) is 1. The third-order valence-corrected chi connectivity index (χ3v) is 6.41. The predicted molar refractivity (Wildman–Crippen MR) is 109 cm³/mol. The van der Waals surface area contributed by atoms with Gasteiger partial charge in [0, 0.05) is 58.0 Å². The molecule has 0 unspecified atom stereocenters. The van der Waals surface area contributed by atoms with Gasteiger partial charge in [-0.25, -0.2) is 4.39 Å². The van der Waals surface area contributed by atoms with Crippen molar-refractivity contribution in [3.05, 3.63) is 56.6 Å². The number of carbonyl (C=O) groups is 2. The number of rotatable bonds is 2. The molecule has 2 aliphatic heterocycles. The van der Waals surface area contributed by atoms with Crippen LogP contribution in [0.5, 0.6) is 0 Å². The van der Waals surface area contributed by atoms with E-state index in [4.69, 9.17) is 0 Å². The lowest BCUT2D eigenvalue weighted by Crippen LogP contribution is -2.42. The molecule has 0 radical (unpaired) electrons. The number of ketones is 1. The monoisotopic (exact) mass is 446 g/mol. The first-order valence-corrected chi connectivity index (χ1v) is 10.7. The zero-order valence-corrected chi connectivity index (χ0v) is 17.6. The minimum atomic E-state index is -0.657. The molecule has 0 saturated carbocycles. The van der Waals surface area contributed by atoms with Gasteiger partial charge < -0.3 is 10.2 Å². The van der Waals surface area contributed by atoms with Crippen LogP contribution in [0.4, 0.5) is 4.39 Å². The van der Waals surface area contributed by atoms with E-state index in [1.807, 2.05) is 11.8 Å². The van der Waals surface area contributed by atoms with Crippen LogP contribution in [0.2, 0.25) is 0 Å². The van der Waals surface area contributed by atoms with Crippen molar-refractivity contribution in [3.63, 3.8) is 0 Å². The molecule has 4 rings (SSSR count). The molecule has 6 heteroatoms. The molecular formula is C22H24BrFN2O2. The normalized spacial score (nSPS) is 22.9. The average molecular weight is 447 g/mol. The quantitative estimate of drug-likeness (QED) is 0.723. The zero-order chi connectivity index (χ0) is 19.8. The summed E-state index contributed by atoms with van der Waals surface area (Å²) in [7, 11) is 0. The van der Waals surface area contributed by atoms with Crippen LogP contribution in [-0.2, 0) is 9.59 Å². The second kappa shape index (κ2) is 7.82. The van der Waals surface area contributed by atoms with Gasteiger partial charge >= 0.3 is 0 Å². The highest BCUT2D eigenvalue weighted by Crippen LogP contribution is 2.44. The number of piperidine rings is 1. The smallest absolute Gasteiger partial charge is 0.252 e. The van der Waals surface area contributed by atoms with E-state index in [9.17, 15) is 14.0 Å². The Bertz CT molecular complexity index is 900. The van der Waals surface area contributed by atoms with Crippen LogP contribution in [0.1, 0.15) is 56.9 Å². The Morgan fingerprint density at radius 2 is 1.93 bits per heavy atom. The van der Waals surface area contributed by atoms with Crippen LogP contribution in [0.25, 0.3) is 0 Å². The highest BCUT2D eigenvalue weighted by atomic mass is 79.9. The van der Waals surface area contributed by atoms with E-state index in [-0.39, 0.29) is 11.7 Å². The summed E-state index contributed by atoms with van der Waals surface area (Å²) in [5.41, 5.74) is 3.03. The summed E-state index contributed by atoms with van der Waals surface area (Å²) >= 11 is 3.42. The molecule has 1 atom stereocenters. The van der Waals surface area contributed by atoms with Gasteiger partial charge in [-0.15, -0.1) is 0 Å².